The number of hydrogen-bond acceptors (Lipinski definition) is 2. The van der Waals surface area contributed by atoms with Crippen LogP contribution < -0.4 is 15.8 Å². The van der Waals surface area contributed by atoms with Crippen molar-refractivity contribution in [2.45, 2.75) is 32.9 Å². The van der Waals surface area contributed by atoms with Crippen molar-refractivity contribution in [3.63, 3.8) is 0 Å². The minimum absolute atomic E-state index is 0.104. The standard InChI is InChI=1S/C18H23N3O/c1-18(2,3)21-17(19)20-13-14-9-7-8-12-16(14)22-15-10-5-4-6-11-15/h4-12H,13H2,1-3H3,(H3,19,20,21). The molecule has 0 aromatic heterocycles. The van der Waals surface area contributed by atoms with E-state index in [-0.39, 0.29) is 5.54 Å². The Hall–Kier alpha value is -2.49. The first-order valence-corrected chi connectivity index (χ1v) is 7.33. The Balaban J connectivity index is 2.10. The summed E-state index contributed by atoms with van der Waals surface area (Å²) in [6.45, 7) is 6.60. The van der Waals surface area contributed by atoms with E-state index in [4.69, 9.17) is 10.5 Å². The second-order valence-electron chi connectivity index (χ2n) is 6.10. The molecule has 2 rings (SSSR count). The molecule has 2 aromatic rings. The zero-order valence-corrected chi connectivity index (χ0v) is 13.3. The van der Waals surface area contributed by atoms with Gasteiger partial charge in [0.25, 0.3) is 0 Å². The van der Waals surface area contributed by atoms with Crippen LogP contribution in [-0.4, -0.2) is 11.5 Å². The summed E-state index contributed by atoms with van der Waals surface area (Å²) in [6, 6.07) is 17.5. The largest absolute Gasteiger partial charge is 0.457 e. The molecule has 116 valence electrons. The fraction of sp³-hybridized carbons (Fsp3) is 0.278. The van der Waals surface area contributed by atoms with Crippen LogP contribution in [0.4, 0.5) is 0 Å². The SMILES string of the molecule is CC(C)(C)NC(N)=NCc1ccccc1Oc1ccccc1. The molecule has 0 bridgehead atoms. The summed E-state index contributed by atoms with van der Waals surface area (Å²) in [5.41, 5.74) is 6.80. The van der Waals surface area contributed by atoms with Crippen molar-refractivity contribution in [3.05, 3.63) is 60.2 Å². The summed E-state index contributed by atoms with van der Waals surface area (Å²) in [5, 5.41) is 3.15. The van der Waals surface area contributed by atoms with E-state index in [1.807, 2.05) is 75.4 Å². The first-order chi connectivity index (χ1) is 10.4. The van der Waals surface area contributed by atoms with Gasteiger partial charge in [-0.25, -0.2) is 4.99 Å². The van der Waals surface area contributed by atoms with Gasteiger partial charge >= 0.3 is 0 Å². The van der Waals surface area contributed by atoms with Gasteiger partial charge in [0.2, 0.25) is 0 Å². The molecule has 4 heteroatoms. The Kier molecular flexibility index (Phi) is 5.04. The van der Waals surface area contributed by atoms with Crippen molar-refractivity contribution < 1.29 is 4.74 Å². The number of ether oxygens (including phenoxy) is 1. The number of aliphatic imine (C=N–C) groups is 1. The smallest absolute Gasteiger partial charge is 0.189 e. The van der Waals surface area contributed by atoms with Gasteiger partial charge in [-0.2, -0.15) is 0 Å². The minimum Gasteiger partial charge on any atom is -0.457 e. The third-order valence-electron chi connectivity index (χ3n) is 2.87. The maximum absolute atomic E-state index is 5.91. The van der Waals surface area contributed by atoms with E-state index < -0.39 is 0 Å². The number of para-hydroxylation sites is 2. The zero-order chi connectivity index (χ0) is 16.0. The Labute approximate surface area is 132 Å². The molecule has 0 amide bonds. The highest BCUT2D eigenvalue weighted by atomic mass is 16.5. The van der Waals surface area contributed by atoms with Crippen LogP contribution in [0.1, 0.15) is 26.3 Å². The summed E-state index contributed by atoms with van der Waals surface area (Å²) < 4.78 is 5.91. The lowest BCUT2D eigenvalue weighted by Crippen LogP contribution is -2.44. The van der Waals surface area contributed by atoms with Gasteiger partial charge in [0.1, 0.15) is 11.5 Å². The average Bonchev–Trinajstić information content (AvgIpc) is 2.46. The van der Waals surface area contributed by atoms with Crippen molar-refractivity contribution in [2.24, 2.45) is 10.7 Å². The average molecular weight is 297 g/mol. The third-order valence-corrected chi connectivity index (χ3v) is 2.87. The second kappa shape index (κ2) is 6.98. The Morgan fingerprint density at radius 2 is 1.68 bits per heavy atom. The summed E-state index contributed by atoms with van der Waals surface area (Å²) in [6.07, 6.45) is 0. The van der Waals surface area contributed by atoms with Crippen molar-refractivity contribution in [3.8, 4) is 11.5 Å². The Morgan fingerprint density at radius 3 is 2.36 bits per heavy atom. The molecule has 0 saturated heterocycles. The van der Waals surface area contributed by atoms with Gasteiger partial charge < -0.3 is 15.8 Å². The molecule has 0 saturated carbocycles. The van der Waals surface area contributed by atoms with Crippen LogP contribution in [0, 0.1) is 0 Å². The van der Waals surface area contributed by atoms with Crippen molar-refractivity contribution in [1.29, 1.82) is 0 Å². The predicted octanol–water partition coefficient (Wildman–Crippen LogP) is 3.68. The first-order valence-electron chi connectivity index (χ1n) is 7.33. The lowest BCUT2D eigenvalue weighted by molar-refractivity contribution is 0.476. The fourth-order valence-electron chi connectivity index (χ4n) is 1.94. The van der Waals surface area contributed by atoms with E-state index in [1.165, 1.54) is 0 Å². The topological polar surface area (TPSA) is 59.6 Å². The zero-order valence-electron chi connectivity index (χ0n) is 13.3. The number of guanidine groups is 1. The minimum atomic E-state index is -0.104. The lowest BCUT2D eigenvalue weighted by Gasteiger charge is -2.21. The van der Waals surface area contributed by atoms with Gasteiger partial charge in [-0.05, 0) is 39.0 Å². The molecular formula is C18H23N3O. The van der Waals surface area contributed by atoms with Crippen LogP contribution >= 0.6 is 0 Å². The molecule has 0 aliphatic rings. The van der Waals surface area contributed by atoms with E-state index in [2.05, 4.69) is 10.3 Å². The molecule has 0 atom stereocenters. The lowest BCUT2D eigenvalue weighted by atomic mass is 10.1. The van der Waals surface area contributed by atoms with Crippen LogP contribution in [0.5, 0.6) is 11.5 Å². The molecule has 0 unspecified atom stereocenters. The monoisotopic (exact) mass is 297 g/mol. The van der Waals surface area contributed by atoms with Gasteiger partial charge in [-0.1, -0.05) is 36.4 Å². The normalized spacial score (nSPS) is 12.0. The summed E-state index contributed by atoms with van der Waals surface area (Å²) in [4.78, 5) is 4.39. The van der Waals surface area contributed by atoms with Crippen molar-refractivity contribution >= 4 is 5.96 Å². The number of benzene rings is 2. The maximum Gasteiger partial charge on any atom is 0.189 e. The van der Waals surface area contributed by atoms with Crippen LogP contribution in [-0.2, 0) is 6.54 Å². The molecule has 3 N–H and O–H groups in total. The fourth-order valence-corrected chi connectivity index (χ4v) is 1.94. The Bertz CT molecular complexity index is 630. The highest BCUT2D eigenvalue weighted by Crippen LogP contribution is 2.25. The molecule has 0 aliphatic heterocycles. The van der Waals surface area contributed by atoms with Crippen molar-refractivity contribution in [1.82, 2.24) is 5.32 Å². The van der Waals surface area contributed by atoms with Gasteiger partial charge in [-0.3, -0.25) is 0 Å². The third kappa shape index (κ3) is 5.13. The molecule has 4 nitrogen and oxygen atoms in total. The van der Waals surface area contributed by atoms with Crippen LogP contribution in [0.25, 0.3) is 0 Å². The van der Waals surface area contributed by atoms with Gasteiger partial charge in [-0.15, -0.1) is 0 Å². The van der Waals surface area contributed by atoms with E-state index in [1.54, 1.807) is 0 Å². The maximum atomic E-state index is 5.91. The number of nitrogens with two attached hydrogens (primary N) is 1. The molecular weight excluding hydrogens is 274 g/mol. The van der Waals surface area contributed by atoms with Crippen LogP contribution in [0.3, 0.4) is 0 Å². The summed E-state index contributed by atoms with van der Waals surface area (Å²) in [5.74, 6) is 2.03. The van der Waals surface area contributed by atoms with Crippen LogP contribution in [0.2, 0.25) is 0 Å². The molecule has 0 radical (unpaired) electrons. The number of hydrogen-bond donors (Lipinski definition) is 2. The van der Waals surface area contributed by atoms with Gasteiger partial charge in [0.05, 0.1) is 6.54 Å². The quantitative estimate of drug-likeness (QED) is 0.668. The second-order valence-corrected chi connectivity index (χ2v) is 6.10. The highest BCUT2D eigenvalue weighted by Gasteiger charge is 2.10. The Morgan fingerprint density at radius 1 is 1.05 bits per heavy atom. The molecule has 2 aromatic carbocycles. The molecule has 0 heterocycles. The first kappa shape index (κ1) is 15.9. The number of nitrogens with one attached hydrogen (secondary N) is 1. The van der Waals surface area contributed by atoms with Crippen molar-refractivity contribution in [2.75, 3.05) is 0 Å². The molecule has 0 spiro atoms. The number of nitrogens with zero attached hydrogens (tertiary/aromatic N) is 1. The molecule has 22 heavy (non-hydrogen) atoms. The summed E-state index contributed by atoms with van der Waals surface area (Å²) >= 11 is 0. The molecule has 0 fully saturated rings. The van der Waals surface area contributed by atoms with E-state index in [0.717, 1.165) is 17.1 Å². The highest BCUT2D eigenvalue weighted by molar-refractivity contribution is 5.78. The van der Waals surface area contributed by atoms with Gasteiger partial charge in [0, 0.05) is 11.1 Å². The molecule has 0 aliphatic carbocycles. The summed E-state index contributed by atoms with van der Waals surface area (Å²) in [7, 11) is 0. The van der Waals surface area contributed by atoms with Gasteiger partial charge in [0.15, 0.2) is 5.96 Å². The number of rotatable bonds is 4. The predicted molar refractivity (Wildman–Crippen MR) is 91.2 cm³/mol. The van der Waals surface area contributed by atoms with E-state index in [0.29, 0.717) is 12.5 Å². The van der Waals surface area contributed by atoms with E-state index >= 15 is 0 Å². The van der Waals surface area contributed by atoms with Crippen LogP contribution in [0.15, 0.2) is 59.6 Å². The van der Waals surface area contributed by atoms with E-state index in [9.17, 15) is 0 Å².